The maximum atomic E-state index is 12.5. The Morgan fingerprint density at radius 2 is 1.78 bits per heavy atom. The van der Waals surface area contributed by atoms with Gasteiger partial charge in [0.1, 0.15) is 5.75 Å². The van der Waals surface area contributed by atoms with E-state index in [2.05, 4.69) is 9.72 Å². The predicted octanol–water partition coefficient (Wildman–Crippen LogP) is 3.10. The molecule has 0 amide bonds. The van der Waals surface area contributed by atoms with Crippen LogP contribution >= 0.6 is 22.6 Å². The van der Waals surface area contributed by atoms with Crippen LogP contribution < -0.4 is 4.74 Å². The van der Waals surface area contributed by atoms with Gasteiger partial charge in [0.2, 0.25) is 0 Å². The van der Waals surface area contributed by atoms with E-state index in [4.69, 9.17) is 5.11 Å². The summed E-state index contributed by atoms with van der Waals surface area (Å²) in [4.78, 5) is 3.02. The van der Waals surface area contributed by atoms with Crippen LogP contribution in [0.25, 0.3) is 0 Å². The summed E-state index contributed by atoms with van der Waals surface area (Å²) in [5.41, 5.74) is -2.10. The van der Waals surface area contributed by atoms with Crippen LogP contribution in [0.2, 0.25) is 0 Å². The molecule has 1 aromatic rings. The summed E-state index contributed by atoms with van der Waals surface area (Å²) in [6, 6.07) is 0.602. The van der Waals surface area contributed by atoms with Crippen molar-refractivity contribution in [3.63, 3.8) is 0 Å². The summed E-state index contributed by atoms with van der Waals surface area (Å²) in [5.74, 6) is -1.05. The highest BCUT2D eigenvalue weighted by molar-refractivity contribution is 14.1. The number of nitrogens with zero attached hydrogens (tertiary/aromatic N) is 1. The number of alkyl halides is 6. The fraction of sp³-hybridized carbons (Fsp3) is 0.375. The first-order chi connectivity index (χ1) is 8.04. The molecule has 18 heavy (non-hydrogen) atoms. The maximum Gasteiger partial charge on any atom is 0.573 e. The molecule has 0 fully saturated rings. The topological polar surface area (TPSA) is 42.4 Å². The van der Waals surface area contributed by atoms with Gasteiger partial charge in [-0.05, 0) is 22.6 Å². The monoisotopic (exact) mass is 387 g/mol. The number of halogens is 7. The second-order valence-electron chi connectivity index (χ2n) is 2.98. The second-order valence-corrected chi connectivity index (χ2v) is 4.06. The molecule has 0 aliphatic heterocycles. The molecule has 1 N–H and O–H groups in total. The molecule has 0 saturated heterocycles. The third-order valence-corrected chi connectivity index (χ3v) is 2.68. The number of aliphatic hydroxyl groups excluding tert-OH is 1. The molecule has 0 aliphatic rings. The predicted molar refractivity (Wildman–Crippen MR) is 54.6 cm³/mol. The van der Waals surface area contributed by atoms with Gasteiger partial charge in [-0.15, -0.1) is 13.2 Å². The highest BCUT2D eigenvalue weighted by Crippen LogP contribution is 2.37. The molecule has 1 aromatic heterocycles. The molecular weight excluding hydrogens is 383 g/mol. The van der Waals surface area contributed by atoms with E-state index < -0.39 is 39.9 Å². The van der Waals surface area contributed by atoms with Crippen molar-refractivity contribution in [1.29, 1.82) is 0 Å². The van der Waals surface area contributed by atoms with Crippen LogP contribution in [-0.4, -0.2) is 16.5 Å². The molecule has 0 spiro atoms. The Balaban J connectivity index is 3.34. The number of hydrogen-bond donors (Lipinski definition) is 1. The molecule has 0 radical (unpaired) electrons. The summed E-state index contributed by atoms with van der Waals surface area (Å²) < 4.78 is 76.1. The van der Waals surface area contributed by atoms with Crippen LogP contribution in [0.4, 0.5) is 26.3 Å². The lowest BCUT2D eigenvalue weighted by Gasteiger charge is -2.15. The van der Waals surface area contributed by atoms with Gasteiger partial charge in [-0.1, -0.05) is 0 Å². The quantitative estimate of drug-likeness (QED) is 0.627. The third-order valence-electron chi connectivity index (χ3n) is 1.63. The molecule has 3 nitrogen and oxygen atoms in total. The van der Waals surface area contributed by atoms with Crippen molar-refractivity contribution in [3.8, 4) is 5.75 Å². The highest BCUT2D eigenvalue weighted by Gasteiger charge is 2.39. The minimum Gasteiger partial charge on any atom is -0.405 e. The highest BCUT2D eigenvalue weighted by atomic mass is 127. The van der Waals surface area contributed by atoms with Gasteiger partial charge in [-0.25, -0.2) is 4.98 Å². The lowest BCUT2D eigenvalue weighted by atomic mass is 10.3. The van der Waals surface area contributed by atoms with E-state index >= 15 is 0 Å². The van der Waals surface area contributed by atoms with Crippen LogP contribution in [0.3, 0.4) is 0 Å². The van der Waals surface area contributed by atoms with Crippen molar-refractivity contribution in [3.05, 3.63) is 21.0 Å². The third kappa shape index (κ3) is 3.86. The molecule has 102 valence electrons. The smallest absolute Gasteiger partial charge is 0.405 e. The number of hydrogen-bond acceptors (Lipinski definition) is 3. The average molecular weight is 387 g/mol. The lowest BCUT2D eigenvalue weighted by molar-refractivity contribution is -0.275. The zero-order chi connectivity index (χ0) is 14.1. The number of rotatable bonds is 2. The molecule has 0 aliphatic carbocycles. The number of aliphatic hydroxyl groups is 1. The molecule has 0 saturated carbocycles. The second kappa shape index (κ2) is 5.07. The van der Waals surface area contributed by atoms with Crippen LogP contribution in [0.1, 0.15) is 11.4 Å². The summed E-state index contributed by atoms with van der Waals surface area (Å²) in [6.45, 7) is -0.936. The van der Waals surface area contributed by atoms with Gasteiger partial charge in [0.25, 0.3) is 0 Å². The van der Waals surface area contributed by atoms with E-state index in [1.54, 1.807) is 0 Å². The van der Waals surface area contributed by atoms with Crippen molar-refractivity contribution in [2.24, 2.45) is 0 Å². The minimum atomic E-state index is -5.13. The lowest BCUT2D eigenvalue weighted by Crippen LogP contribution is -2.20. The van der Waals surface area contributed by atoms with Crippen molar-refractivity contribution in [2.75, 3.05) is 0 Å². The maximum absolute atomic E-state index is 12.5. The van der Waals surface area contributed by atoms with Crippen LogP contribution in [-0.2, 0) is 12.8 Å². The molecule has 0 aromatic carbocycles. The fourth-order valence-corrected chi connectivity index (χ4v) is 1.72. The summed E-state index contributed by atoms with van der Waals surface area (Å²) in [5, 5.41) is 8.67. The molecule has 0 bridgehead atoms. The van der Waals surface area contributed by atoms with E-state index in [1.165, 1.54) is 0 Å². The number of aromatic nitrogens is 1. The van der Waals surface area contributed by atoms with E-state index in [1.807, 2.05) is 0 Å². The van der Waals surface area contributed by atoms with Gasteiger partial charge in [-0.3, -0.25) is 0 Å². The molecule has 1 rings (SSSR count). The van der Waals surface area contributed by atoms with Crippen LogP contribution in [0.5, 0.6) is 5.75 Å². The zero-order valence-electron chi connectivity index (χ0n) is 8.23. The molecular formula is C8H4F6INO2. The summed E-state index contributed by atoms with van der Waals surface area (Å²) >= 11 is 1.05. The number of ether oxygens (including phenoxy) is 1. The Morgan fingerprint density at radius 1 is 1.22 bits per heavy atom. The van der Waals surface area contributed by atoms with Gasteiger partial charge in [-0.2, -0.15) is 13.2 Å². The summed E-state index contributed by atoms with van der Waals surface area (Å²) in [7, 11) is 0. The first kappa shape index (κ1) is 15.3. The SMILES string of the molecule is OCc1cc(OC(F)(F)F)c(I)c(C(F)(F)F)n1. The van der Waals surface area contributed by atoms with Crippen molar-refractivity contribution in [1.82, 2.24) is 4.98 Å². The first-order valence-electron chi connectivity index (χ1n) is 4.18. The van der Waals surface area contributed by atoms with E-state index in [0.29, 0.717) is 6.07 Å². The van der Waals surface area contributed by atoms with Gasteiger partial charge in [0.05, 0.1) is 15.9 Å². The van der Waals surface area contributed by atoms with E-state index in [0.717, 1.165) is 22.6 Å². The van der Waals surface area contributed by atoms with Gasteiger partial charge >= 0.3 is 12.5 Å². The Bertz CT molecular complexity index is 444. The minimum absolute atomic E-state index is 0.568. The standard InChI is InChI=1S/C8H4F6INO2/c9-7(10,11)6-5(15)4(18-8(12,13)14)1-3(2-17)16-6/h1,17H,2H2. The number of pyridine rings is 1. The first-order valence-corrected chi connectivity index (χ1v) is 5.25. The molecule has 10 heteroatoms. The van der Waals surface area contributed by atoms with Gasteiger partial charge in [0, 0.05) is 6.07 Å². The van der Waals surface area contributed by atoms with Crippen LogP contribution in [0, 0.1) is 3.57 Å². The Hall–Kier alpha value is -0.780. The zero-order valence-corrected chi connectivity index (χ0v) is 10.4. The average Bonchev–Trinajstić information content (AvgIpc) is 2.17. The van der Waals surface area contributed by atoms with Crippen molar-refractivity contribution < 1.29 is 36.2 Å². The summed E-state index contributed by atoms with van der Waals surface area (Å²) in [6.07, 6.45) is -10.1. The van der Waals surface area contributed by atoms with Gasteiger partial charge in [0.15, 0.2) is 5.69 Å². The largest absolute Gasteiger partial charge is 0.573 e. The molecule has 0 atom stereocenters. The van der Waals surface area contributed by atoms with Crippen LogP contribution in [0.15, 0.2) is 6.07 Å². The Morgan fingerprint density at radius 3 is 2.17 bits per heavy atom. The molecule has 1 heterocycles. The normalized spacial score (nSPS) is 12.7. The van der Waals surface area contributed by atoms with Crippen molar-refractivity contribution >= 4 is 22.6 Å². The fourth-order valence-electron chi connectivity index (χ4n) is 1.02. The molecule has 0 unspecified atom stereocenters. The van der Waals surface area contributed by atoms with Crippen molar-refractivity contribution in [2.45, 2.75) is 19.1 Å². The van der Waals surface area contributed by atoms with E-state index in [9.17, 15) is 26.3 Å². The Labute approximate surface area is 110 Å². The van der Waals surface area contributed by atoms with E-state index in [-0.39, 0.29) is 0 Å². The van der Waals surface area contributed by atoms with Gasteiger partial charge < -0.3 is 9.84 Å². The Kier molecular flexibility index (Phi) is 4.30.